The fraction of sp³-hybridized carbons (Fsp3) is 0.0833. The lowest BCUT2D eigenvalue weighted by molar-refractivity contribution is 0.102. The predicted octanol–water partition coefficient (Wildman–Crippen LogP) is 2.95. The van der Waals surface area contributed by atoms with E-state index in [0.29, 0.717) is 17.3 Å². The molecule has 19 heavy (non-hydrogen) atoms. The number of aromatic nitrogens is 2. The van der Waals surface area contributed by atoms with Gasteiger partial charge in [0.25, 0.3) is 5.91 Å². The first kappa shape index (κ1) is 11.7. The lowest BCUT2D eigenvalue weighted by Gasteiger charge is -1.99. The molecule has 3 aromatic rings. The quantitative estimate of drug-likeness (QED) is 0.794. The second-order valence-corrected chi connectivity index (χ2v) is 4.73. The highest BCUT2D eigenvalue weighted by Crippen LogP contribution is 2.27. The Labute approximate surface area is 112 Å². The third kappa shape index (κ3) is 2.27. The van der Waals surface area contributed by atoms with Gasteiger partial charge >= 0.3 is 0 Å². The molecule has 1 amide bonds. The molecule has 0 aliphatic carbocycles. The number of hydrogen-bond acceptors (Lipinski definition) is 6. The van der Waals surface area contributed by atoms with Crippen LogP contribution in [0.1, 0.15) is 16.2 Å². The third-order valence-electron chi connectivity index (χ3n) is 2.40. The topological polar surface area (TPSA) is 81.2 Å². The smallest absolute Gasteiger partial charge is 0.279 e. The fourth-order valence-electron chi connectivity index (χ4n) is 1.59. The molecule has 1 N–H and O–H groups in total. The van der Waals surface area contributed by atoms with Crippen molar-refractivity contribution in [2.75, 3.05) is 5.32 Å². The summed E-state index contributed by atoms with van der Waals surface area (Å²) in [5.41, 5.74) is 0.225. The first-order valence-corrected chi connectivity index (χ1v) is 6.34. The maximum Gasteiger partial charge on any atom is 0.279 e. The number of carbonyl (C=O) groups excluding carboxylic acids is 1. The molecule has 0 radical (unpaired) electrons. The molecule has 0 fully saturated rings. The number of amides is 1. The van der Waals surface area contributed by atoms with Crippen molar-refractivity contribution in [3.05, 3.63) is 41.4 Å². The van der Waals surface area contributed by atoms with E-state index < -0.39 is 0 Å². The zero-order chi connectivity index (χ0) is 13.2. The molecule has 0 aliphatic rings. The first-order chi connectivity index (χ1) is 9.24. The molecule has 96 valence electrons. The van der Waals surface area contributed by atoms with Crippen LogP contribution in [-0.4, -0.2) is 16.0 Å². The molecule has 3 heterocycles. The highest BCUT2D eigenvalue weighted by molar-refractivity contribution is 7.13. The van der Waals surface area contributed by atoms with Crippen molar-refractivity contribution in [3.63, 3.8) is 0 Å². The average Bonchev–Trinajstić information content (AvgIpc) is 3.07. The molecule has 0 aromatic carbocycles. The van der Waals surface area contributed by atoms with Crippen LogP contribution in [-0.2, 0) is 0 Å². The summed E-state index contributed by atoms with van der Waals surface area (Å²) in [6.07, 6.45) is 1.25. The van der Waals surface area contributed by atoms with E-state index in [0.717, 1.165) is 4.88 Å². The van der Waals surface area contributed by atoms with E-state index in [1.807, 2.05) is 17.5 Å². The Morgan fingerprint density at radius 2 is 2.37 bits per heavy atom. The Kier molecular flexibility index (Phi) is 2.88. The summed E-state index contributed by atoms with van der Waals surface area (Å²) in [7, 11) is 0. The largest absolute Gasteiger partial charge is 0.442 e. The molecule has 0 bridgehead atoms. The van der Waals surface area contributed by atoms with Gasteiger partial charge in [0.15, 0.2) is 23.7 Å². The molecule has 6 nitrogen and oxygen atoms in total. The average molecular weight is 275 g/mol. The number of aryl methyl sites for hydroxylation is 1. The van der Waals surface area contributed by atoms with E-state index in [-0.39, 0.29) is 11.6 Å². The summed E-state index contributed by atoms with van der Waals surface area (Å²) in [5.74, 6) is 1.04. The predicted molar refractivity (Wildman–Crippen MR) is 69.0 cm³/mol. The van der Waals surface area contributed by atoms with Crippen molar-refractivity contribution in [2.45, 2.75) is 6.92 Å². The number of oxazole rings is 1. The van der Waals surface area contributed by atoms with Gasteiger partial charge in [-0.2, -0.15) is 0 Å². The number of anilines is 1. The number of nitrogens with zero attached hydrogens (tertiary/aromatic N) is 2. The molecular formula is C12H9N3O3S. The van der Waals surface area contributed by atoms with Crippen LogP contribution in [0.3, 0.4) is 0 Å². The molecule has 0 spiro atoms. The molecule has 7 heteroatoms. The zero-order valence-corrected chi connectivity index (χ0v) is 10.7. The van der Waals surface area contributed by atoms with Crippen LogP contribution >= 0.6 is 11.3 Å². The van der Waals surface area contributed by atoms with Gasteiger partial charge in [0.05, 0.1) is 4.88 Å². The summed E-state index contributed by atoms with van der Waals surface area (Å²) < 4.78 is 10.1. The van der Waals surface area contributed by atoms with Crippen molar-refractivity contribution in [1.82, 2.24) is 10.1 Å². The fourth-order valence-corrected chi connectivity index (χ4v) is 2.30. The Bertz CT molecular complexity index is 699. The van der Waals surface area contributed by atoms with Gasteiger partial charge in [-0.3, -0.25) is 4.79 Å². The highest BCUT2D eigenvalue weighted by atomic mass is 32.1. The van der Waals surface area contributed by atoms with Crippen LogP contribution in [0, 0.1) is 6.92 Å². The van der Waals surface area contributed by atoms with Gasteiger partial charge in [-0.25, -0.2) is 4.98 Å². The van der Waals surface area contributed by atoms with E-state index in [4.69, 9.17) is 8.94 Å². The monoisotopic (exact) mass is 275 g/mol. The molecule has 0 saturated heterocycles. The Morgan fingerprint density at radius 1 is 1.47 bits per heavy atom. The molecule has 0 aliphatic heterocycles. The molecule has 0 atom stereocenters. The van der Waals surface area contributed by atoms with E-state index in [9.17, 15) is 4.79 Å². The minimum atomic E-state index is -0.384. The normalized spacial score (nSPS) is 10.6. The van der Waals surface area contributed by atoms with E-state index in [1.54, 1.807) is 13.0 Å². The van der Waals surface area contributed by atoms with Crippen molar-refractivity contribution in [3.8, 4) is 10.6 Å². The van der Waals surface area contributed by atoms with E-state index >= 15 is 0 Å². The number of rotatable bonds is 3. The lowest BCUT2D eigenvalue weighted by atomic mass is 10.3. The van der Waals surface area contributed by atoms with Crippen LogP contribution in [0.25, 0.3) is 10.6 Å². The summed E-state index contributed by atoms with van der Waals surface area (Å²) in [4.78, 5) is 16.9. The number of carbonyl (C=O) groups is 1. The van der Waals surface area contributed by atoms with Gasteiger partial charge in [0, 0.05) is 6.07 Å². The van der Waals surface area contributed by atoms with Crippen molar-refractivity contribution >= 4 is 23.1 Å². The first-order valence-electron chi connectivity index (χ1n) is 5.46. The maximum absolute atomic E-state index is 12.1. The number of nitrogens with one attached hydrogen (secondary N) is 1. The van der Waals surface area contributed by atoms with E-state index in [2.05, 4.69) is 15.5 Å². The zero-order valence-electron chi connectivity index (χ0n) is 9.91. The Balaban J connectivity index is 1.87. The van der Waals surface area contributed by atoms with Gasteiger partial charge in [-0.15, -0.1) is 11.3 Å². The van der Waals surface area contributed by atoms with Gasteiger partial charge < -0.3 is 14.3 Å². The standard InChI is InChI=1S/C12H9N3O3S/c1-7-5-9(15-18-7)14-12(16)10-11(17-6-13-10)8-3-2-4-19-8/h2-6H,1H3,(H,14,15,16). The van der Waals surface area contributed by atoms with Crippen LogP contribution in [0.15, 0.2) is 38.9 Å². The van der Waals surface area contributed by atoms with Crippen LogP contribution in [0.4, 0.5) is 5.82 Å². The van der Waals surface area contributed by atoms with Crippen LogP contribution in [0.5, 0.6) is 0 Å². The number of hydrogen-bond donors (Lipinski definition) is 1. The second-order valence-electron chi connectivity index (χ2n) is 3.78. The summed E-state index contributed by atoms with van der Waals surface area (Å²) >= 11 is 1.47. The van der Waals surface area contributed by atoms with Crippen molar-refractivity contribution < 1.29 is 13.7 Å². The van der Waals surface area contributed by atoms with Crippen LogP contribution < -0.4 is 5.32 Å². The van der Waals surface area contributed by atoms with E-state index in [1.165, 1.54) is 17.7 Å². The van der Waals surface area contributed by atoms with Gasteiger partial charge in [-0.05, 0) is 18.4 Å². The molecule has 0 saturated carbocycles. The van der Waals surface area contributed by atoms with Gasteiger partial charge in [-0.1, -0.05) is 11.2 Å². The minimum Gasteiger partial charge on any atom is -0.442 e. The Morgan fingerprint density at radius 3 is 3.05 bits per heavy atom. The van der Waals surface area contributed by atoms with Gasteiger partial charge in [0.2, 0.25) is 0 Å². The Hall–Kier alpha value is -2.41. The highest BCUT2D eigenvalue weighted by Gasteiger charge is 2.19. The third-order valence-corrected chi connectivity index (χ3v) is 3.27. The molecule has 3 rings (SSSR count). The SMILES string of the molecule is Cc1cc(NC(=O)c2ncoc2-c2cccs2)no1. The molecule has 0 unspecified atom stereocenters. The van der Waals surface area contributed by atoms with Gasteiger partial charge in [0.1, 0.15) is 5.76 Å². The minimum absolute atomic E-state index is 0.225. The lowest BCUT2D eigenvalue weighted by Crippen LogP contribution is -2.13. The molecule has 3 aromatic heterocycles. The van der Waals surface area contributed by atoms with Crippen LogP contribution in [0.2, 0.25) is 0 Å². The summed E-state index contributed by atoms with van der Waals surface area (Å²) in [5, 5.41) is 8.20. The molecular weight excluding hydrogens is 266 g/mol. The van der Waals surface area contributed by atoms with Crippen molar-refractivity contribution in [2.24, 2.45) is 0 Å². The van der Waals surface area contributed by atoms with Crippen molar-refractivity contribution in [1.29, 1.82) is 0 Å². The maximum atomic E-state index is 12.1. The summed E-state index contributed by atoms with van der Waals surface area (Å²) in [6, 6.07) is 5.37. The number of thiophene rings is 1. The second kappa shape index (κ2) is 4.69. The summed E-state index contributed by atoms with van der Waals surface area (Å²) in [6.45, 7) is 1.75.